The largest absolute Gasteiger partial charge is 0.507 e. The molecule has 144 valence electrons. The van der Waals surface area contributed by atoms with Gasteiger partial charge in [0.1, 0.15) is 11.6 Å². The molecule has 1 heterocycles. The molecule has 1 aliphatic rings. The number of Topliss-reactive ketones (excluding diaryl/α,β-unsaturated/α-hetero) is 1. The lowest BCUT2D eigenvalue weighted by atomic mass is 9.95. The van der Waals surface area contributed by atoms with E-state index >= 15 is 0 Å². The summed E-state index contributed by atoms with van der Waals surface area (Å²) < 4.78 is 13.5. The Hall–Kier alpha value is -3.73. The zero-order valence-corrected chi connectivity index (χ0v) is 15.7. The Morgan fingerprint density at radius 3 is 2.14 bits per heavy atom. The van der Waals surface area contributed by atoms with Crippen molar-refractivity contribution in [3.8, 4) is 0 Å². The SMILES string of the molecule is Cc1ccc(/C(O)=C2\C(=O)C(=O)N(c3ccccc3)C2c2ccc(F)cc2)cc1. The molecule has 1 fully saturated rings. The maximum absolute atomic E-state index is 13.5. The maximum atomic E-state index is 13.5. The van der Waals surface area contributed by atoms with Crippen molar-refractivity contribution < 1.29 is 19.1 Å². The first-order valence-corrected chi connectivity index (χ1v) is 9.16. The highest BCUT2D eigenvalue weighted by Crippen LogP contribution is 2.42. The number of hydrogen-bond acceptors (Lipinski definition) is 3. The van der Waals surface area contributed by atoms with Gasteiger partial charge in [-0.1, -0.05) is 60.2 Å². The first-order valence-electron chi connectivity index (χ1n) is 9.16. The second-order valence-electron chi connectivity index (χ2n) is 6.92. The number of halogens is 1. The van der Waals surface area contributed by atoms with Crippen molar-refractivity contribution in [3.05, 3.63) is 107 Å². The number of hydrogen-bond donors (Lipinski definition) is 1. The Morgan fingerprint density at radius 2 is 1.52 bits per heavy atom. The Morgan fingerprint density at radius 1 is 0.897 bits per heavy atom. The fourth-order valence-corrected chi connectivity index (χ4v) is 3.51. The van der Waals surface area contributed by atoms with E-state index in [0.717, 1.165) is 5.56 Å². The summed E-state index contributed by atoms with van der Waals surface area (Å²) in [6, 6.07) is 20.5. The van der Waals surface area contributed by atoms with Crippen molar-refractivity contribution >= 4 is 23.1 Å². The van der Waals surface area contributed by atoms with Crippen LogP contribution < -0.4 is 4.90 Å². The average molecular weight is 387 g/mol. The molecule has 0 spiro atoms. The van der Waals surface area contributed by atoms with Gasteiger partial charge in [-0.3, -0.25) is 14.5 Å². The van der Waals surface area contributed by atoms with E-state index in [1.165, 1.54) is 29.2 Å². The molecule has 0 aromatic heterocycles. The minimum absolute atomic E-state index is 0.0192. The minimum Gasteiger partial charge on any atom is -0.507 e. The van der Waals surface area contributed by atoms with E-state index < -0.39 is 23.5 Å². The molecule has 5 heteroatoms. The number of anilines is 1. The third-order valence-electron chi connectivity index (χ3n) is 4.99. The fraction of sp³-hybridized carbons (Fsp3) is 0.0833. The number of benzene rings is 3. The van der Waals surface area contributed by atoms with Crippen molar-refractivity contribution in [2.45, 2.75) is 13.0 Å². The number of para-hydroxylation sites is 1. The number of aliphatic hydroxyl groups excluding tert-OH is 1. The van der Waals surface area contributed by atoms with Crippen LogP contribution in [0.2, 0.25) is 0 Å². The Bertz CT molecular complexity index is 1100. The molecule has 1 saturated heterocycles. The lowest BCUT2D eigenvalue weighted by molar-refractivity contribution is -0.132. The molecule has 1 N–H and O–H groups in total. The van der Waals surface area contributed by atoms with E-state index in [2.05, 4.69) is 0 Å². The van der Waals surface area contributed by atoms with Crippen molar-refractivity contribution in [2.75, 3.05) is 4.90 Å². The quantitative estimate of drug-likeness (QED) is 0.400. The van der Waals surface area contributed by atoms with Crippen LogP contribution in [0.3, 0.4) is 0 Å². The second kappa shape index (κ2) is 7.36. The van der Waals surface area contributed by atoms with Crippen LogP contribution in [-0.2, 0) is 9.59 Å². The molecule has 1 unspecified atom stereocenters. The van der Waals surface area contributed by atoms with Gasteiger partial charge in [-0.15, -0.1) is 0 Å². The lowest BCUT2D eigenvalue weighted by Crippen LogP contribution is -2.29. The number of rotatable bonds is 3. The zero-order chi connectivity index (χ0) is 20.5. The topological polar surface area (TPSA) is 57.6 Å². The van der Waals surface area contributed by atoms with Crippen LogP contribution in [-0.4, -0.2) is 16.8 Å². The number of aliphatic hydroxyl groups is 1. The summed E-state index contributed by atoms with van der Waals surface area (Å²) in [6.07, 6.45) is 0. The highest BCUT2D eigenvalue weighted by molar-refractivity contribution is 6.51. The molecule has 1 aliphatic heterocycles. The fourth-order valence-electron chi connectivity index (χ4n) is 3.51. The molecule has 1 amide bonds. The second-order valence-corrected chi connectivity index (χ2v) is 6.92. The Labute approximate surface area is 167 Å². The molecular formula is C24H18FNO3. The summed E-state index contributed by atoms with van der Waals surface area (Å²) in [4.78, 5) is 27.2. The van der Waals surface area contributed by atoms with Crippen LogP contribution in [0, 0.1) is 12.7 Å². The van der Waals surface area contributed by atoms with Gasteiger partial charge in [0.05, 0.1) is 11.6 Å². The predicted octanol–water partition coefficient (Wildman–Crippen LogP) is 4.76. The summed E-state index contributed by atoms with van der Waals surface area (Å²) in [6.45, 7) is 1.91. The van der Waals surface area contributed by atoms with E-state index in [4.69, 9.17) is 0 Å². The molecule has 0 aliphatic carbocycles. The number of ketones is 1. The summed E-state index contributed by atoms with van der Waals surface area (Å²) in [5, 5.41) is 11.0. The van der Waals surface area contributed by atoms with Gasteiger partial charge in [-0.05, 0) is 36.8 Å². The summed E-state index contributed by atoms with van der Waals surface area (Å²) in [5.74, 6) is -2.19. The third kappa shape index (κ3) is 3.31. The van der Waals surface area contributed by atoms with Crippen molar-refractivity contribution in [2.24, 2.45) is 0 Å². The van der Waals surface area contributed by atoms with E-state index in [1.807, 2.05) is 19.1 Å². The average Bonchev–Trinajstić information content (AvgIpc) is 3.00. The minimum atomic E-state index is -0.862. The number of nitrogens with zero attached hydrogens (tertiary/aromatic N) is 1. The van der Waals surface area contributed by atoms with Crippen molar-refractivity contribution in [1.82, 2.24) is 0 Å². The molecule has 3 aromatic rings. The number of carbonyl (C=O) groups excluding carboxylic acids is 2. The normalized spacial score (nSPS) is 18.3. The van der Waals surface area contributed by atoms with Crippen LogP contribution in [0.15, 0.2) is 84.4 Å². The highest BCUT2D eigenvalue weighted by atomic mass is 19.1. The molecule has 4 nitrogen and oxygen atoms in total. The van der Waals surface area contributed by atoms with Crippen LogP contribution in [0.5, 0.6) is 0 Å². The monoisotopic (exact) mass is 387 g/mol. The van der Waals surface area contributed by atoms with E-state index in [-0.39, 0.29) is 11.3 Å². The van der Waals surface area contributed by atoms with Gasteiger partial charge in [0.25, 0.3) is 11.7 Å². The van der Waals surface area contributed by atoms with Crippen LogP contribution >= 0.6 is 0 Å². The number of aryl methyl sites for hydroxylation is 1. The van der Waals surface area contributed by atoms with Gasteiger partial charge < -0.3 is 5.11 Å². The predicted molar refractivity (Wildman–Crippen MR) is 109 cm³/mol. The van der Waals surface area contributed by atoms with Gasteiger partial charge in [-0.25, -0.2) is 4.39 Å². The molecule has 0 radical (unpaired) electrons. The van der Waals surface area contributed by atoms with Crippen LogP contribution in [0.1, 0.15) is 22.7 Å². The molecule has 0 saturated carbocycles. The summed E-state index contributed by atoms with van der Waals surface area (Å²) in [5.41, 5.74) is 2.47. The van der Waals surface area contributed by atoms with Gasteiger partial charge in [0.15, 0.2) is 0 Å². The lowest BCUT2D eigenvalue weighted by Gasteiger charge is -2.25. The smallest absolute Gasteiger partial charge is 0.300 e. The standard InChI is InChI=1S/C24H18FNO3/c1-15-7-9-17(10-8-15)22(27)20-21(16-11-13-18(25)14-12-16)26(24(29)23(20)28)19-5-3-2-4-6-19/h2-14,21,27H,1H3/b22-20+. The van der Waals surface area contributed by atoms with Gasteiger partial charge >= 0.3 is 0 Å². The Balaban J connectivity index is 1.94. The molecule has 3 aromatic carbocycles. The molecule has 29 heavy (non-hydrogen) atoms. The molecule has 1 atom stereocenters. The van der Waals surface area contributed by atoms with Crippen LogP contribution in [0.4, 0.5) is 10.1 Å². The first-order chi connectivity index (χ1) is 14.0. The third-order valence-corrected chi connectivity index (χ3v) is 4.99. The van der Waals surface area contributed by atoms with E-state index in [1.54, 1.807) is 42.5 Å². The Kier molecular flexibility index (Phi) is 4.72. The van der Waals surface area contributed by atoms with Crippen molar-refractivity contribution in [1.29, 1.82) is 0 Å². The number of amides is 1. The molecule has 4 rings (SSSR count). The van der Waals surface area contributed by atoms with E-state index in [0.29, 0.717) is 16.8 Å². The van der Waals surface area contributed by atoms with E-state index in [9.17, 15) is 19.1 Å². The summed E-state index contributed by atoms with van der Waals surface area (Å²) in [7, 11) is 0. The molecular weight excluding hydrogens is 369 g/mol. The van der Waals surface area contributed by atoms with Crippen molar-refractivity contribution in [3.63, 3.8) is 0 Å². The van der Waals surface area contributed by atoms with Gasteiger partial charge in [-0.2, -0.15) is 0 Å². The zero-order valence-electron chi connectivity index (χ0n) is 15.7. The first kappa shape index (κ1) is 18.6. The maximum Gasteiger partial charge on any atom is 0.300 e. The van der Waals surface area contributed by atoms with Crippen LogP contribution in [0.25, 0.3) is 5.76 Å². The molecule has 0 bridgehead atoms. The van der Waals surface area contributed by atoms with Gasteiger partial charge in [0.2, 0.25) is 0 Å². The summed E-state index contributed by atoms with van der Waals surface area (Å²) >= 11 is 0. The highest BCUT2D eigenvalue weighted by Gasteiger charge is 2.46. The van der Waals surface area contributed by atoms with Gasteiger partial charge in [0, 0.05) is 11.3 Å². The number of carbonyl (C=O) groups is 2.